The van der Waals surface area contributed by atoms with E-state index in [1.807, 2.05) is 0 Å². The summed E-state index contributed by atoms with van der Waals surface area (Å²) in [4.78, 5) is 26.1. The summed E-state index contributed by atoms with van der Waals surface area (Å²) in [6.07, 6.45) is -15.2. The number of carbonyl (C=O) groups is 2. The molecule has 18 nitrogen and oxygen atoms in total. The van der Waals surface area contributed by atoms with E-state index in [4.69, 9.17) is 28.4 Å². The zero-order valence-corrected chi connectivity index (χ0v) is 38.7. The van der Waals surface area contributed by atoms with Gasteiger partial charge in [0.1, 0.15) is 61.0 Å². The highest BCUT2D eigenvalue weighted by Gasteiger charge is 2.70. The first-order chi connectivity index (χ1) is 30.3. The number of carboxylic acids is 2. The molecule has 0 unspecified atom stereocenters. The lowest BCUT2D eigenvalue weighted by molar-refractivity contribution is -0.387. The van der Waals surface area contributed by atoms with Crippen LogP contribution in [-0.2, 0) is 38.0 Å². The van der Waals surface area contributed by atoms with Gasteiger partial charge in [-0.1, -0.05) is 60.1 Å². The Morgan fingerprint density at radius 1 is 0.692 bits per heavy atom. The molecule has 3 aliphatic heterocycles. The average Bonchev–Trinajstić information content (AvgIpc) is 3.23. The van der Waals surface area contributed by atoms with E-state index in [-0.39, 0.29) is 39.4 Å². The highest BCUT2D eigenvalue weighted by Crippen LogP contribution is 2.76. The Kier molecular flexibility index (Phi) is 13.1. The van der Waals surface area contributed by atoms with Gasteiger partial charge in [-0.3, -0.25) is 4.79 Å². The molecule has 370 valence electrons. The number of carboxylic acid groups (broad SMARTS) is 2. The third kappa shape index (κ3) is 7.76. The molecule has 3 heterocycles. The SMILES string of the molecule is CC1(C)CC[C@]2(C(=O)O)CC[C@]3(C)C(=CC[C@H]4[C@@]5(C)CC[C@H](O[C@@H]6O[C@H](C(=O)O)[C@@H](O[C@@H]7OC[C@@H](O)[C@H](O)[C@H]7O)[C@H](O)[C@H]6O[C@@H]6O[C@H](CO)[C@@H](O)[C@H](O)[C@H]6O)C(C)(C)[C@H]5CC[C@]43C)[C@@H]2C1. The van der Waals surface area contributed by atoms with Crippen LogP contribution in [0.15, 0.2) is 11.6 Å². The average molecular weight is 927 g/mol. The number of aliphatic carboxylic acids is 2. The van der Waals surface area contributed by atoms with Crippen molar-refractivity contribution in [2.24, 2.45) is 50.2 Å². The highest BCUT2D eigenvalue weighted by molar-refractivity contribution is 5.76. The van der Waals surface area contributed by atoms with Gasteiger partial charge in [0, 0.05) is 0 Å². The van der Waals surface area contributed by atoms with Crippen LogP contribution in [0.5, 0.6) is 0 Å². The Morgan fingerprint density at radius 2 is 1.35 bits per heavy atom. The molecule has 0 spiro atoms. The molecule has 10 N–H and O–H groups in total. The number of ether oxygens (including phenoxy) is 6. The third-order valence-electron chi connectivity index (χ3n) is 18.9. The number of allylic oxidation sites excluding steroid dienone is 2. The summed E-state index contributed by atoms with van der Waals surface area (Å²) in [6, 6.07) is 0. The number of hydrogen-bond donors (Lipinski definition) is 10. The van der Waals surface area contributed by atoms with Crippen LogP contribution < -0.4 is 0 Å². The lowest BCUT2D eigenvalue weighted by atomic mass is 9.33. The molecule has 3 saturated heterocycles. The Morgan fingerprint density at radius 3 is 2.02 bits per heavy atom. The van der Waals surface area contributed by atoms with E-state index >= 15 is 0 Å². The summed E-state index contributed by atoms with van der Waals surface area (Å²) in [5.74, 6) is -1.92. The van der Waals surface area contributed by atoms with Crippen LogP contribution in [0.3, 0.4) is 0 Å². The fraction of sp³-hybridized carbons (Fsp3) is 0.915. The van der Waals surface area contributed by atoms with Gasteiger partial charge in [-0.05, 0) is 109 Å². The van der Waals surface area contributed by atoms with E-state index in [2.05, 4.69) is 54.5 Å². The first-order valence-electron chi connectivity index (χ1n) is 23.7. The molecule has 0 radical (unpaired) electrons. The van der Waals surface area contributed by atoms with Gasteiger partial charge in [-0.15, -0.1) is 0 Å². The topological polar surface area (TPSA) is 292 Å². The molecule has 0 aromatic rings. The molecule has 4 saturated carbocycles. The Labute approximate surface area is 380 Å². The third-order valence-corrected chi connectivity index (χ3v) is 18.9. The van der Waals surface area contributed by atoms with Crippen LogP contribution in [0.2, 0.25) is 0 Å². The molecule has 0 aromatic carbocycles. The molecule has 0 bridgehead atoms. The zero-order chi connectivity index (χ0) is 47.6. The Bertz CT molecular complexity index is 1820. The second-order valence-corrected chi connectivity index (χ2v) is 23.1. The summed E-state index contributed by atoms with van der Waals surface area (Å²) in [7, 11) is 0. The second-order valence-electron chi connectivity index (χ2n) is 23.1. The minimum Gasteiger partial charge on any atom is -0.481 e. The maximum absolute atomic E-state index is 13.1. The monoisotopic (exact) mass is 926 g/mol. The summed E-state index contributed by atoms with van der Waals surface area (Å²) in [5, 5.41) is 106. The lowest BCUT2D eigenvalue weighted by Gasteiger charge is -2.71. The largest absolute Gasteiger partial charge is 0.481 e. The van der Waals surface area contributed by atoms with Gasteiger partial charge in [0.05, 0.1) is 24.7 Å². The van der Waals surface area contributed by atoms with Crippen molar-refractivity contribution in [1.29, 1.82) is 0 Å². The first kappa shape index (κ1) is 49.5. The van der Waals surface area contributed by atoms with Crippen molar-refractivity contribution in [3.63, 3.8) is 0 Å². The van der Waals surface area contributed by atoms with Crippen molar-refractivity contribution in [2.75, 3.05) is 13.2 Å². The minimum atomic E-state index is -1.98. The van der Waals surface area contributed by atoms with E-state index in [0.717, 1.165) is 44.9 Å². The standard InChI is InChI=1S/C47H74O18/c1-42(2)14-16-47(41(58)59)17-15-45(6)21(22(47)18-42)8-9-26-44(5)12-11-27(43(3,4)25(44)10-13-46(26,45)7)62-40-35(64-39-32(54)30(52)29(51)24(19-48)61-39)33(55)34(36(65-40)37(56)57)63-38-31(53)28(50)23(49)20-60-38/h8,22-36,38-40,48-55H,9-20H2,1-7H3,(H,56,57)(H,58,59)/t22-,23+,24+,25+,26-,27-,28-,29+,30-,31+,32+,33-,34-,35+,36-,38-,39-,40+,44-,45+,46+,47-/m0/s1. The first-order valence-corrected chi connectivity index (χ1v) is 23.7. The van der Waals surface area contributed by atoms with Gasteiger partial charge < -0.3 is 79.5 Å². The summed E-state index contributed by atoms with van der Waals surface area (Å²) < 4.78 is 35.9. The quantitative estimate of drug-likeness (QED) is 0.116. The molecule has 8 aliphatic rings. The van der Waals surface area contributed by atoms with Gasteiger partial charge in [0.25, 0.3) is 0 Å². The molecule has 5 aliphatic carbocycles. The summed E-state index contributed by atoms with van der Waals surface area (Å²) in [6.45, 7) is 14.7. The molecule has 7 fully saturated rings. The molecule has 8 rings (SSSR count). The lowest BCUT2D eigenvalue weighted by Crippen LogP contribution is -2.68. The molecule has 18 heteroatoms. The van der Waals surface area contributed by atoms with Crippen molar-refractivity contribution >= 4 is 11.9 Å². The number of aliphatic hydroxyl groups is 8. The predicted molar refractivity (Wildman–Crippen MR) is 225 cm³/mol. The van der Waals surface area contributed by atoms with E-state index in [9.17, 15) is 60.7 Å². The van der Waals surface area contributed by atoms with Crippen LogP contribution in [0.4, 0.5) is 0 Å². The van der Waals surface area contributed by atoms with Crippen LogP contribution in [0.1, 0.15) is 113 Å². The van der Waals surface area contributed by atoms with Gasteiger partial charge in [0.2, 0.25) is 0 Å². The molecular weight excluding hydrogens is 852 g/mol. The van der Waals surface area contributed by atoms with Gasteiger partial charge in [0.15, 0.2) is 25.0 Å². The Balaban J connectivity index is 1.08. The smallest absolute Gasteiger partial charge is 0.335 e. The van der Waals surface area contributed by atoms with Gasteiger partial charge in [-0.2, -0.15) is 0 Å². The predicted octanol–water partition coefficient (Wildman–Crippen LogP) is 1.44. The molecular formula is C47H74O18. The number of aliphatic hydroxyl groups excluding tert-OH is 8. The van der Waals surface area contributed by atoms with E-state index in [0.29, 0.717) is 19.3 Å². The van der Waals surface area contributed by atoms with Crippen LogP contribution in [0.25, 0.3) is 0 Å². The number of hydrogen-bond acceptors (Lipinski definition) is 16. The molecule has 65 heavy (non-hydrogen) atoms. The molecule has 0 aromatic heterocycles. The van der Waals surface area contributed by atoms with E-state index in [1.54, 1.807) is 0 Å². The number of rotatable bonds is 9. The maximum atomic E-state index is 13.1. The van der Waals surface area contributed by atoms with Crippen molar-refractivity contribution in [3.8, 4) is 0 Å². The minimum absolute atomic E-state index is 0.0188. The summed E-state index contributed by atoms with van der Waals surface area (Å²) in [5.41, 5.74) is -0.444. The van der Waals surface area contributed by atoms with Gasteiger partial charge in [-0.25, -0.2) is 4.79 Å². The van der Waals surface area contributed by atoms with E-state index in [1.165, 1.54) is 5.57 Å². The fourth-order valence-corrected chi connectivity index (χ4v) is 14.8. The number of fused-ring (bicyclic) bond motifs is 7. The van der Waals surface area contributed by atoms with Crippen LogP contribution >= 0.6 is 0 Å². The zero-order valence-electron chi connectivity index (χ0n) is 38.7. The normalized spacial score (nSPS) is 52.8. The van der Waals surface area contributed by atoms with Crippen molar-refractivity contribution in [1.82, 2.24) is 0 Å². The molecule has 0 amide bonds. The van der Waals surface area contributed by atoms with Crippen molar-refractivity contribution in [3.05, 3.63) is 11.6 Å². The second kappa shape index (κ2) is 17.2. The van der Waals surface area contributed by atoms with Crippen LogP contribution in [0, 0.1) is 50.2 Å². The Hall–Kier alpha value is -1.88. The van der Waals surface area contributed by atoms with Crippen LogP contribution in [-0.4, -0.2) is 168 Å². The summed E-state index contributed by atoms with van der Waals surface area (Å²) >= 11 is 0. The van der Waals surface area contributed by atoms with E-state index < -0.39 is 128 Å². The maximum Gasteiger partial charge on any atom is 0.335 e. The highest BCUT2D eigenvalue weighted by atomic mass is 16.8. The van der Waals surface area contributed by atoms with Gasteiger partial charge >= 0.3 is 11.9 Å². The van der Waals surface area contributed by atoms with Crippen molar-refractivity contribution < 1.29 is 89.1 Å². The van der Waals surface area contributed by atoms with Crippen molar-refractivity contribution in [2.45, 2.75) is 205 Å². The molecule has 22 atom stereocenters. The fourth-order valence-electron chi connectivity index (χ4n) is 14.8.